The fraction of sp³-hybridized carbons (Fsp3) is 0.318. The van der Waals surface area contributed by atoms with Gasteiger partial charge in [0.25, 0.3) is 5.92 Å². The molecule has 2 aromatic heterocycles. The summed E-state index contributed by atoms with van der Waals surface area (Å²) in [6.07, 6.45) is 2.63. The third-order valence-corrected chi connectivity index (χ3v) is 6.84. The van der Waals surface area contributed by atoms with Crippen LogP contribution in [-0.2, 0) is 10.3 Å². The van der Waals surface area contributed by atoms with Crippen LogP contribution < -0.4 is 11.1 Å². The topological polar surface area (TPSA) is 122 Å². The van der Waals surface area contributed by atoms with Crippen LogP contribution in [0.3, 0.4) is 0 Å². The molecule has 0 saturated heterocycles. The van der Waals surface area contributed by atoms with E-state index in [-0.39, 0.29) is 28.8 Å². The summed E-state index contributed by atoms with van der Waals surface area (Å²) in [6.45, 7) is 2.15. The minimum absolute atomic E-state index is 0.0926. The number of amidine groups is 1. The van der Waals surface area contributed by atoms with Gasteiger partial charge in [-0.1, -0.05) is 11.8 Å². The maximum Gasteiger partial charge on any atom is 0.293 e. The summed E-state index contributed by atoms with van der Waals surface area (Å²) >= 11 is 0.701. The second kappa shape index (κ2) is 8.41. The largest absolute Gasteiger partial charge is 0.383 e. The minimum Gasteiger partial charge on any atom is -0.383 e. The number of ether oxygens (including phenoxy) is 1. The fourth-order valence-corrected chi connectivity index (χ4v) is 5.15. The Balaban J connectivity index is 1.80. The van der Waals surface area contributed by atoms with E-state index in [1.54, 1.807) is 6.07 Å². The number of hydrogen-bond acceptors (Lipinski definition) is 9. The molecule has 8 nitrogen and oxygen atoms in total. The Bertz CT molecular complexity index is 1350. The summed E-state index contributed by atoms with van der Waals surface area (Å²) in [4.78, 5) is 16.5. The highest BCUT2D eigenvalue weighted by molar-refractivity contribution is 8.15. The molecule has 2 atom stereocenters. The van der Waals surface area contributed by atoms with Gasteiger partial charge in [0.1, 0.15) is 28.5 Å². The van der Waals surface area contributed by atoms with Crippen molar-refractivity contribution in [3.05, 3.63) is 53.7 Å². The van der Waals surface area contributed by atoms with Crippen LogP contribution in [0.4, 0.5) is 24.7 Å². The lowest BCUT2D eigenvalue weighted by Gasteiger charge is -2.48. The van der Waals surface area contributed by atoms with Crippen molar-refractivity contribution in [3.8, 4) is 6.07 Å². The Morgan fingerprint density at radius 1 is 1.21 bits per heavy atom. The molecule has 1 aliphatic rings. The van der Waals surface area contributed by atoms with Gasteiger partial charge in [0, 0.05) is 24.6 Å². The minimum atomic E-state index is -3.53. The molecule has 0 unspecified atom stereocenters. The van der Waals surface area contributed by atoms with Gasteiger partial charge in [0.15, 0.2) is 16.5 Å². The second-order valence-corrected chi connectivity index (χ2v) is 9.63. The zero-order valence-corrected chi connectivity index (χ0v) is 19.3. The lowest BCUT2D eigenvalue weighted by Crippen LogP contribution is -2.61. The maximum absolute atomic E-state index is 15.9. The van der Waals surface area contributed by atoms with Gasteiger partial charge < -0.3 is 15.8 Å². The van der Waals surface area contributed by atoms with Gasteiger partial charge in [0.05, 0.1) is 17.7 Å². The Morgan fingerprint density at radius 3 is 2.68 bits per heavy atom. The first-order chi connectivity index (χ1) is 16.0. The van der Waals surface area contributed by atoms with Crippen molar-refractivity contribution in [2.45, 2.75) is 30.1 Å². The van der Waals surface area contributed by atoms with Crippen LogP contribution in [0, 0.1) is 17.1 Å². The molecular formula is C22H20F3N7OS. The molecule has 0 radical (unpaired) electrons. The number of nitrogens with two attached hydrogens (primary N) is 1. The summed E-state index contributed by atoms with van der Waals surface area (Å²) < 4.78 is 50.0. The van der Waals surface area contributed by atoms with E-state index in [0.717, 1.165) is 13.0 Å². The summed E-state index contributed by atoms with van der Waals surface area (Å²) in [7, 11) is 1.31. The van der Waals surface area contributed by atoms with Crippen molar-refractivity contribution in [1.82, 2.24) is 15.0 Å². The van der Waals surface area contributed by atoms with Gasteiger partial charge >= 0.3 is 0 Å². The first-order valence-electron chi connectivity index (χ1n) is 10.0. The number of aliphatic imine (C=N–C) groups is 1. The van der Waals surface area contributed by atoms with Gasteiger partial charge in [-0.3, -0.25) is 0 Å². The molecule has 3 heterocycles. The lowest BCUT2D eigenvalue weighted by atomic mass is 9.79. The van der Waals surface area contributed by atoms with E-state index in [1.807, 2.05) is 6.07 Å². The normalized spacial score (nSPS) is 23.9. The molecule has 0 amide bonds. The predicted molar refractivity (Wildman–Crippen MR) is 124 cm³/mol. The van der Waals surface area contributed by atoms with E-state index in [9.17, 15) is 0 Å². The highest BCUT2D eigenvalue weighted by Crippen LogP contribution is 2.56. The molecular weight excluding hydrogens is 467 g/mol. The van der Waals surface area contributed by atoms with Crippen molar-refractivity contribution in [3.63, 3.8) is 0 Å². The first kappa shape index (κ1) is 23.7. The van der Waals surface area contributed by atoms with E-state index < -0.39 is 22.0 Å². The second-order valence-electron chi connectivity index (χ2n) is 8.11. The number of thioether (sulfide) groups is 1. The van der Waals surface area contributed by atoms with Crippen LogP contribution >= 0.6 is 11.8 Å². The van der Waals surface area contributed by atoms with E-state index in [2.05, 4.69) is 25.3 Å². The van der Waals surface area contributed by atoms with Gasteiger partial charge in [-0.2, -0.15) is 5.26 Å². The SMILES string of the molecule is COC[C@]1(C)SC(N)=N[C@](C)(c2cc(Nc3ncnc4cc(C#N)cnc34)ccc2F)C1(F)F. The van der Waals surface area contributed by atoms with Crippen LogP contribution in [0.2, 0.25) is 0 Å². The number of rotatable bonds is 5. The number of halogens is 3. The fourth-order valence-electron chi connectivity index (χ4n) is 3.96. The van der Waals surface area contributed by atoms with Crippen molar-refractivity contribution in [2.75, 3.05) is 19.0 Å². The van der Waals surface area contributed by atoms with Gasteiger partial charge in [-0.25, -0.2) is 33.1 Å². The number of alkyl halides is 2. The quantitative estimate of drug-likeness (QED) is 0.552. The number of methoxy groups -OCH3 is 1. The maximum atomic E-state index is 15.9. The zero-order chi connectivity index (χ0) is 24.7. The van der Waals surface area contributed by atoms with Gasteiger partial charge in [0.2, 0.25) is 0 Å². The Labute approximate surface area is 197 Å². The van der Waals surface area contributed by atoms with E-state index in [1.165, 1.54) is 38.7 Å². The van der Waals surface area contributed by atoms with Crippen molar-refractivity contribution >= 4 is 39.5 Å². The van der Waals surface area contributed by atoms with Crippen LogP contribution in [0.25, 0.3) is 11.0 Å². The summed E-state index contributed by atoms with van der Waals surface area (Å²) in [5, 5.41) is 11.9. The molecule has 12 heteroatoms. The number of nitriles is 1. The molecule has 0 bridgehead atoms. The first-order valence-corrected chi connectivity index (χ1v) is 10.9. The van der Waals surface area contributed by atoms with E-state index in [4.69, 9.17) is 15.7 Å². The smallest absolute Gasteiger partial charge is 0.293 e. The number of nitrogens with one attached hydrogen (secondary N) is 1. The third-order valence-electron chi connectivity index (χ3n) is 5.72. The molecule has 4 rings (SSSR count). The van der Waals surface area contributed by atoms with Crippen LogP contribution in [0.5, 0.6) is 0 Å². The number of anilines is 2. The molecule has 0 spiro atoms. The van der Waals surface area contributed by atoms with Crippen molar-refractivity contribution < 1.29 is 17.9 Å². The molecule has 0 fully saturated rings. The van der Waals surface area contributed by atoms with E-state index >= 15 is 13.2 Å². The highest BCUT2D eigenvalue weighted by atomic mass is 32.2. The molecule has 1 aliphatic heterocycles. The predicted octanol–water partition coefficient (Wildman–Crippen LogP) is 4.10. The van der Waals surface area contributed by atoms with E-state index in [0.29, 0.717) is 28.4 Å². The molecule has 34 heavy (non-hydrogen) atoms. The third kappa shape index (κ3) is 3.70. The molecule has 3 N–H and O–H groups in total. The van der Waals surface area contributed by atoms with Gasteiger partial charge in [-0.15, -0.1) is 0 Å². The zero-order valence-electron chi connectivity index (χ0n) is 18.4. The van der Waals surface area contributed by atoms with Gasteiger partial charge in [-0.05, 0) is 38.1 Å². The average molecular weight is 488 g/mol. The number of hydrogen-bond donors (Lipinski definition) is 2. The molecule has 0 saturated carbocycles. The Morgan fingerprint density at radius 2 is 1.97 bits per heavy atom. The number of aromatic nitrogens is 3. The molecule has 1 aromatic carbocycles. The number of nitrogens with zero attached hydrogens (tertiary/aromatic N) is 5. The van der Waals surface area contributed by atoms with Crippen molar-refractivity contribution in [1.29, 1.82) is 5.26 Å². The monoisotopic (exact) mass is 487 g/mol. The Kier molecular flexibility index (Phi) is 5.87. The summed E-state index contributed by atoms with van der Waals surface area (Å²) in [6, 6.07) is 7.23. The average Bonchev–Trinajstić information content (AvgIpc) is 2.79. The highest BCUT2D eigenvalue weighted by Gasteiger charge is 2.66. The number of fused-ring (bicyclic) bond motifs is 1. The lowest BCUT2D eigenvalue weighted by molar-refractivity contribution is -0.115. The number of pyridine rings is 1. The Hall–Kier alpha value is -3.43. The van der Waals surface area contributed by atoms with Crippen LogP contribution in [-0.4, -0.2) is 44.5 Å². The number of benzene rings is 1. The molecule has 176 valence electrons. The van der Waals surface area contributed by atoms with Crippen molar-refractivity contribution in [2.24, 2.45) is 10.7 Å². The molecule has 3 aromatic rings. The summed E-state index contributed by atoms with van der Waals surface area (Å²) in [5.41, 5.74) is 4.63. The van der Waals surface area contributed by atoms with Crippen LogP contribution in [0.15, 0.2) is 41.8 Å². The summed E-state index contributed by atoms with van der Waals surface area (Å²) in [5.74, 6) is -4.13. The standard InChI is InChI=1S/C22H20F3N7OS/c1-20(10-33-3)22(24,25)21(2,32-19(27)34-20)14-7-13(4-5-15(14)23)31-18-17-16(29-11-30-18)6-12(8-26)9-28-17/h4-7,9,11H,10H2,1-3H3,(H2,27,32)(H,29,30,31)/t20-,21+/m0/s1. The van der Waals surface area contributed by atoms with Crippen LogP contribution in [0.1, 0.15) is 25.0 Å². The molecule has 0 aliphatic carbocycles.